The smallest absolute Gasteiger partial charge is 0.326 e. The van der Waals surface area contributed by atoms with E-state index in [1.165, 1.54) is 24.1 Å². The molecule has 12 heteroatoms. The maximum absolute atomic E-state index is 12.9. The van der Waals surface area contributed by atoms with Gasteiger partial charge in [-0.15, -0.1) is 0 Å². The minimum absolute atomic E-state index is 0.0663. The van der Waals surface area contributed by atoms with Crippen LogP contribution in [0.15, 0.2) is 47.5 Å². The van der Waals surface area contributed by atoms with Crippen molar-refractivity contribution in [3.8, 4) is 11.8 Å². The number of ether oxygens (including phenoxy) is 1. The van der Waals surface area contributed by atoms with Gasteiger partial charge in [0.1, 0.15) is 23.9 Å². The lowest BCUT2D eigenvalue weighted by molar-refractivity contribution is -0.126. The first-order valence-corrected chi connectivity index (χ1v) is 13.5. The number of nitrogens with one attached hydrogen (secondary N) is 1. The summed E-state index contributed by atoms with van der Waals surface area (Å²) in [5.74, 6) is -1.12. The second-order valence-corrected chi connectivity index (χ2v) is 10.4. The second kappa shape index (κ2) is 13.3. The van der Waals surface area contributed by atoms with Crippen molar-refractivity contribution in [1.29, 1.82) is 5.26 Å². The number of urea groups is 1. The first-order valence-electron chi connectivity index (χ1n) is 13.1. The minimum atomic E-state index is -0.750. The van der Waals surface area contributed by atoms with Crippen LogP contribution in [0, 0.1) is 25.2 Å². The van der Waals surface area contributed by atoms with E-state index >= 15 is 0 Å². The molecule has 0 bridgehead atoms. The van der Waals surface area contributed by atoms with Gasteiger partial charge in [-0.25, -0.2) is 9.69 Å². The number of halogens is 1. The molecule has 0 spiro atoms. The van der Waals surface area contributed by atoms with E-state index in [1.54, 1.807) is 20.0 Å². The van der Waals surface area contributed by atoms with Gasteiger partial charge in [0.25, 0.3) is 11.8 Å². The molecular formula is C30H32ClN5O6. The van der Waals surface area contributed by atoms with E-state index in [-0.39, 0.29) is 47.1 Å². The Morgan fingerprint density at radius 1 is 1.07 bits per heavy atom. The quantitative estimate of drug-likeness (QED) is 0.387. The van der Waals surface area contributed by atoms with Crippen LogP contribution in [0.4, 0.5) is 16.2 Å². The predicted octanol–water partition coefficient (Wildman–Crippen LogP) is 4.37. The Kier molecular flexibility index (Phi) is 10.1. The average Bonchev–Trinajstić information content (AvgIpc) is 3.15. The van der Waals surface area contributed by atoms with Gasteiger partial charge >= 0.3 is 6.03 Å². The van der Waals surface area contributed by atoms with Crippen molar-refractivity contribution in [2.45, 2.75) is 46.6 Å². The summed E-state index contributed by atoms with van der Waals surface area (Å²) in [6.07, 6.45) is -0.388. The van der Waals surface area contributed by atoms with Crippen LogP contribution in [-0.2, 0) is 19.2 Å². The molecule has 2 aliphatic rings. The van der Waals surface area contributed by atoms with Gasteiger partial charge < -0.3 is 15.0 Å². The summed E-state index contributed by atoms with van der Waals surface area (Å²) in [7, 11) is 3.08. The molecule has 11 nitrogen and oxygen atoms in total. The number of hydrogen-bond acceptors (Lipinski definition) is 7. The van der Waals surface area contributed by atoms with E-state index in [2.05, 4.69) is 5.32 Å². The van der Waals surface area contributed by atoms with Crippen molar-refractivity contribution in [2.24, 2.45) is 0 Å². The lowest BCUT2D eigenvalue weighted by atomic mass is 10.0. The Balaban J connectivity index is 0.000000458. The van der Waals surface area contributed by atoms with E-state index < -0.39 is 17.9 Å². The molecule has 1 unspecified atom stereocenters. The molecule has 0 radical (unpaired) electrons. The van der Waals surface area contributed by atoms with E-state index in [1.807, 2.05) is 45.0 Å². The summed E-state index contributed by atoms with van der Waals surface area (Å²) in [6.45, 7) is 7.52. The summed E-state index contributed by atoms with van der Waals surface area (Å²) in [5.41, 5.74) is 2.79. The van der Waals surface area contributed by atoms with E-state index in [0.29, 0.717) is 23.4 Å². The Bertz CT molecular complexity index is 1530. The lowest BCUT2D eigenvalue weighted by Gasteiger charge is -2.27. The van der Waals surface area contributed by atoms with Crippen molar-refractivity contribution in [2.75, 3.05) is 30.9 Å². The third-order valence-corrected chi connectivity index (χ3v) is 7.02. The summed E-state index contributed by atoms with van der Waals surface area (Å²) in [4.78, 5) is 63.0. The zero-order chi connectivity index (χ0) is 31.3. The number of amides is 6. The first kappa shape index (κ1) is 31.8. The van der Waals surface area contributed by atoms with Crippen LogP contribution in [0.1, 0.15) is 37.8 Å². The fourth-order valence-corrected chi connectivity index (χ4v) is 4.52. The zero-order valence-electron chi connectivity index (χ0n) is 24.3. The van der Waals surface area contributed by atoms with Crippen LogP contribution >= 0.6 is 11.6 Å². The lowest BCUT2D eigenvalue weighted by Crippen LogP contribution is -2.41. The molecule has 1 saturated heterocycles. The fourth-order valence-electron chi connectivity index (χ4n) is 4.32. The molecule has 2 aromatic carbocycles. The number of rotatable bonds is 6. The standard InChI is InChI=1S/C25H24ClN3O4.C5H8N2O2/c1-5-21(33-22-9-6-14(2)10-16(22)4)24(31)28-17-7-8-19(26)20(12-17)29-23(30)11-15(3)18(13-27)25(29)32;1-6-3-4(8)7(2)5(6)9/h6-10,12,21H,5,11H2,1-4H3,(H,28,31);3H2,1-2H3. The van der Waals surface area contributed by atoms with E-state index in [9.17, 15) is 29.2 Å². The summed E-state index contributed by atoms with van der Waals surface area (Å²) in [5, 5.41) is 12.2. The third kappa shape index (κ3) is 6.95. The van der Waals surface area contributed by atoms with E-state index in [0.717, 1.165) is 20.9 Å². The maximum atomic E-state index is 12.9. The number of aryl methyl sites for hydroxylation is 2. The van der Waals surface area contributed by atoms with Gasteiger partial charge in [0, 0.05) is 19.8 Å². The third-order valence-electron chi connectivity index (χ3n) is 6.70. The van der Waals surface area contributed by atoms with Crippen LogP contribution in [0.3, 0.4) is 0 Å². The molecule has 2 heterocycles. The number of likely N-dealkylation sites (N-methyl/N-ethyl adjacent to an activating group) is 2. The van der Waals surface area contributed by atoms with Gasteiger partial charge in [-0.3, -0.25) is 24.1 Å². The molecular weight excluding hydrogens is 562 g/mol. The van der Waals surface area contributed by atoms with Gasteiger partial charge in [0.2, 0.25) is 11.8 Å². The van der Waals surface area contributed by atoms with Crippen LogP contribution in [0.25, 0.3) is 0 Å². The molecule has 0 aliphatic carbocycles. The Morgan fingerprint density at radius 2 is 1.76 bits per heavy atom. The highest BCUT2D eigenvalue weighted by atomic mass is 35.5. The highest BCUT2D eigenvalue weighted by molar-refractivity contribution is 6.36. The molecule has 2 aromatic rings. The number of hydrogen-bond donors (Lipinski definition) is 1. The van der Waals surface area contributed by atoms with Crippen LogP contribution in [0.2, 0.25) is 5.02 Å². The Morgan fingerprint density at radius 3 is 2.29 bits per heavy atom. The van der Waals surface area contributed by atoms with Gasteiger partial charge in [0.15, 0.2) is 6.10 Å². The normalized spacial score (nSPS) is 15.8. The van der Waals surface area contributed by atoms with Crippen LogP contribution in [-0.4, -0.2) is 66.2 Å². The topological polar surface area (TPSA) is 140 Å². The number of anilines is 2. The molecule has 42 heavy (non-hydrogen) atoms. The second-order valence-electron chi connectivity index (χ2n) is 10.0. The molecule has 220 valence electrons. The molecule has 1 fully saturated rings. The van der Waals surface area contributed by atoms with Gasteiger partial charge in [-0.1, -0.05) is 36.2 Å². The summed E-state index contributed by atoms with van der Waals surface area (Å²) in [6, 6.07) is 11.8. The Hall–Kier alpha value is -4.69. The Labute approximate surface area is 249 Å². The van der Waals surface area contributed by atoms with Crippen molar-refractivity contribution in [3.05, 3.63) is 63.7 Å². The van der Waals surface area contributed by atoms with Crippen LogP contribution in [0.5, 0.6) is 5.75 Å². The van der Waals surface area contributed by atoms with Gasteiger partial charge in [0.05, 0.1) is 17.1 Å². The molecule has 6 amide bonds. The van der Waals surface area contributed by atoms with Crippen LogP contribution < -0.4 is 15.0 Å². The molecule has 0 saturated carbocycles. The fraction of sp³-hybridized carbons (Fsp3) is 0.333. The van der Waals surface area contributed by atoms with Crippen molar-refractivity contribution in [3.63, 3.8) is 0 Å². The number of nitriles is 1. The number of nitrogens with zero attached hydrogens (tertiary/aromatic N) is 4. The molecule has 4 rings (SSSR count). The number of benzene rings is 2. The van der Waals surface area contributed by atoms with Crippen molar-refractivity contribution in [1.82, 2.24) is 9.80 Å². The highest BCUT2D eigenvalue weighted by Crippen LogP contribution is 2.34. The van der Waals surface area contributed by atoms with Gasteiger partial charge in [-0.2, -0.15) is 5.26 Å². The predicted molar refractivity (Wildman–Crippen MR) is 157 cm³/mol. The first-order chi connectivity index (χ1) is 19.8. The molecule has 1 atom stereocenters. The summed E-state index contributed by atoms with van der Waals surface area (Å²) >= 11 is 6.27. The van der Waals surface area contributed by atoms with Crippen molar-refractivity contribution >= 4 is 52.6 Å². The molecule has 0 aromatic heterocycles. The number of carbonyl (C=O) groups excluding carboxylic acids is 5. The van der Waals surface area contributed by atoms with Crippen molar-refractivity contribution < 1.29 is 28.7 Å². The maximum Gasteiger partial charge on any atom is 0.326 e. The zero-order valence-corrected chi connectivity index (χ0v) is 25.0. The SMILES string of the molecule is CCC(Oc1ccc(C)cc1C)C(=O)Nc1ccc(Cl)c(N2C(=O)CC(C)=C(C#N)C2=O)c1.CN1CC(=O)N(C)C1=O. The largest absolute Gasteiger partial charge is 0.480 e. The monoisotopic (exact) mass is 593 g/mol. The average molecular weight is 594 g/mol. The highest BCUT2D eigenvalue weighted by Gasteiger charge is 2.34. The van der Waals surface area contributed by atoms with Gasteiger partial charge in [-0.05, 0) is 62.6 Å². The number of imide groups is 2. The molecule has 1 N–H and O–H groups in total. The van der Waals surface area contributed by atoms with E-state index in [4.69, 9.17) is 16.3 Å². The molecule has 2 aliphatic heterocycles. The summed E-state index contributed by atoms with van der Waals surface area (Å²) < 4.78 is 5.93. The minimum Gasteiger partial charge on any atom is -0.480 e. The number of carbonyl (C=O) groups is 5.